The van der Waals surface area contributed by atoms with Crippen LogP contribution in [0.5, 0.6) is 0 Å². The smallest absolute Gasteiger partial charge is 0.269 e. The van der Waals surface area contributed by atoms with Crippen LogP contribution in [0.3, 0.4) is 0 Å². The van der Waals surface area contributed by atoms with Gasteiger partial charge in [-0.15, -0.1) is 0 Å². The first-order chi connectivity index (χ1) is 16.0. The van der Waals surface area contributed by atoms with Crippen LogP contribution in [0.15, 0.2) is 53.4 Å². The molecular weight excluding hydrogens is 454 g/mol. The molecule has 0 saturated heterocycles. The molecule has 0 spiro atoms. The highest BCUT2D eigenvalue weighted by molar-refractivity contribution is 7.90. The van der Waals surface area contributed by atoms with Crippen LogP contribution in [0.25, 0.3) is 0 Å². The third kappa shape index (κ3) is 5.30. The molecule has 182 valence electrons. The lowest BCUT2D eigenvalue weighted by Gasteiger charge is -2.30. The number of amides is 3. The van der Waals surface area contributed by atoms with Gasteiger partial charge in [0.05, 0.1) is 5.56 Å². The minimum atomic E-state index is -3.92. The molecule has 0 saturated carbocycles. The summed E-state index contributed by atoms with van der Waals surface area (Å²) in [5.41, 5.74) is 2.07. The number of aryl methyl sites for hydroxylation is 1. The third-order valence-electron chi connectivity index (χ3n) is 5.86. The van der Waals surface area contributed by atoms with E-state index < -0.39 is 22.0 Å². The van der Waals surface area contributed by atoms with Crippen molar-refractivity contribution >= 4 is 27.7 Å². The van der Waals surface area contributed by atoms with E-state index >= 15 is 0 Å². The summed E-state index contributed by atoms with van der Waals surface area (Å²) in [6.45, 7) is 7.47. The average molecular weight is 486 g/mol. The Labute approximate surface area is 201 Å². The number of nitrogens with zero attached hydrogens (tertiary/aromatic N) is 2. The number of sulfonamides is 1. The first-order valence-electron chi connectivity index (χ1n) is 11.3. The molecule has 0 aliphatic carbocycles. The Morgan fingerprint density at radius 2 is 1.68 bits per heavy atom. The van der Waals surface area contributed by atoms with Gasteiger partial charge in [0.25, 0.3) is 15.9 Å². The summed E-state index contributed by atoms with van der Waals surface area (Å²) in [6.07, 6.45) is 0.154. The minimum Gasteiger partial charge on any atom is -0.352 e. The van der Waals surface area contributed by atoms with E-state index in [1.165, 1.54) is 17.0 Å². The van der Waals surface area contributed by atoms with Crippen molar-refractivity contribution < 1.29 is 22.8 Å². The van der Waals surface area contributed by atoms with Gasteiger partial charge >= 0.3 is 0 Å². The van der Waals surface area contributed by atoms with Crippen molar-refractivity contribution in [1.82, 2.24) is 14.5 Å². The number of nitrogens with one attached hydrogen (secondary N) is 1. The number of carbonyl (C=O) groups is 3. The fourth-order valence-corrected chi connectivity index (χ4v) is 5.54. The van der Waals surface area contributed by atoms with E-state index in [9.17, 15) is 22.8 Å². The number of hydrogen-bond donors (Lipinski definition) is 1. The maximum absolute atomic E-state index is 13.2. The minimum absolute atomic E-state index is 0.000818. The van der Waals surface area contributed by atoms with E-state index in [2.05, 4.69) is 5.32 Å². The van der Waals surface area contributed by atoms with Gasteiger partial charge in [0, 0.05) is 25.6 Å². The zero-order chi connectivity index (χ0) is 25.0. The molecule has 1 aliphatic rings. The molecule has 0 aromatic heterocycles. The Bertz CT molecular complexity index is 1190. The topological polar surface area (TPSA) is 104 Å². The molecule has 9 heteroatoms. The van der Waals surface area contributed by atoms with Crippen LogP contribution in [-0.4, -0.2) is 54.0 Å². The summed E-state index contributed by atoms with van der Waals surface area (Å²) in [5.74, 6) is -1.12. The van der Waals surface area contributed by atoms with Gasteiger partial charge in [-0.2, -0.15) is 0 Å². The number of benzene rings is 2. The summed E-state index contributed by atoms with van der Waals surface area (Å²) in [6, 6.07) is 12.9. The van der Waals surface area contributed by atoms with Crippen LogP contribution in [0.2, 0.25) is 0 Å². The number of fused-ring (bicyclic) bond motifs is 1. The van der Waals surface area contributed by atoms with Gasteiger partial charge in [-0.3, -0.25) is 14.4 Å². The molecule has 1 atom stereocenters. The van der Waals surface area contributed by atoms with Crippen LogP contribution < -0.4 is 5.32 Å². The van der Waals surface area contributed by atoms with Crippen molar-refractivity contribution in [2.75, 3.05) is 6.54 Å². The predicted molar refractivity (Wildman–Crippen MR) is 128 cm³/mol. The molecule has 0 bridgehead atoms. The van der Waals surface area contributed by atoms with E-state index in [1.807, 2.05) is 45.0 Å². The molecule has 1 N–H and O–H groups in total. The normalized spacial score (nSPS) is 15.2. The lowest BCUT2D eigenvalue weighted by Crippen LogP contribution is -2.49. The maximum Gasteiger partial charge on any atom is 0.269 e. The number of rotatable bonds is 9. The summed E-state index contributed by atoms with van der Waals surface area (Å²) in [7, 11) is -3.92. The predicted octanol–water partition coefficient (Wildman–Crippen LogP) is 2.86. The van der Waals surface area contributed by atoms with E-state index in [0.29, 0.717) is 0 Å². The second-order valence-electron chi connectivity index (χ2n) is 8.77. The molecule has 34 heavy (non-hydrogen) atoms. The average Bonchev–Trinajstić information content (AvgIpc) is 2.98. The third-order valence-corrected chi connectivity index (χ3v) is 7.70. The molecule has 1 heterocycles. The van der Waals surface area contributed by atoms with Crippen molar-refractivity contribution in [3.8, 4) is 0 Å². The van der Waals surface area contributed by atoms with E-state index in [4.69, 9.17) is 0 Å². The fraction of sp³-hybridized carbons (Fsp3) is 0.400. The van der Waals surface area contributed by atoms with Gasteiger partial charge in [0.2, 0.25) is 11.8 Å². The Balaban J connectivity index is 1.72. The van der Waals surface area contributed by atoms with Crippen molar-refractivity contribution in [1.29, 1.82) is 0 Å². The van der Waals surface area contributed by atoms with Crippen LogP contribution in [0, 0.1) is 6.92 Å². The van der Waals surface area contributed by atoms with Crippen molar-refractivity contribution in [3.63, 3.8) is 0 Å². The lowest BCUT2D eigenvalue weighted by molar-refractivity contribution is -0.140. The molecule has 0 radical (unpaired) electrons. The molecular formula is C25H31N3O5S. The van der Waals surface area contributed by atoms with E-state index in [0.717, 1.165) is 15.4 Å². The van der Waals surface area contributed by atoms with Gasteiger partial charge in [0.15, 0.2) is 0 Å². The highest BCUT2D eigenvalue weighted by atomic mass is 32.2. The maximum atomic E-state index is 13.2. The summed E-state index contributed by atoms with van der Waals surface area (Å²) in [4.78, 5) is 40.0. The number of carbonyl (C=O) groups excluding carboxylic acids is 3. The molecule has 1 aliphatic heterocycles. The van der Waals surface area contributed by atoms with Crippen molar-refractivity contribution in [2.24, 2.45) is 0 Å². The van der Waals surface area contributed by atoms with Crippen LogP contribution in [0.4, 0.5) is 0 Å². The van der Waals surface area contributed by atoms with Gasteiger partial charge in [0.1, 0.15) is 10.9 Å². The first-order valence-corrected chi connectivity index (χ1v) is 12.8. The molecule has 2 aromatic rings. The Hall–Kier alpha value is -3.20. The molecule has 2 aromatic carbocycles. The van der Waals surface area contributed by atoms with Crippen LogP contribution in [-0.2, 0) is 26.2 Å². The van der Waals surface area contributed by atoms with Crippen molar-refractivity contribution in [3.05, 3.63) is 65.2 Å². The number of hydrogen-bond acceptors (Lipinski definition) is 5. The van der Waals surface area contributed by atoms with Gasteiger partial charge < -0.3 is 10.2 Å². The second kappa shape index (κ2) is 10.4. The SMILES string of the molecule is Cc1ccccc1CN(C(=O)CCCN1C(=O)c2ccccc2S1(=O)=O)[C@@H](C)C(=O)NC(C)C. The molecule has 8 nitrogen and oxygen atoms in total. The van der Waals surface area contributed by atoms with Crippen LogP contribution >= 0.6 is 0 Å². The highest BCUT2D eigenvalue weighted by Crippen LogP contribution is 2.30. The lowest BCUT2D eigenvalue weighted by atomic mass is 10.1. The first kappa shape index (κ1) is 25.4. The zero-order valence-corrected chi connectivity index (χ0v) is 20.8. The Kier molecular flexibility index (Phi) is 7.76. The van der Waals surface area contributed by atoms with Crippen LogP contribution in [0.1, 0.15) is 55.1 Å². The largest absolute Gasteiger partial charge is 0.352 e. The molecule has 0 fully saturated rings. The monoisotopic (exact) mass is 485 g/mol. The highest BCUT2D eigenvalue weighted by Gasteiger charge is 2.40. The van der Waals surface area contributed by atoms with Crippen molar-refractivity contribution in [2.45, 2.75) is 64.1 Å². The van der Waals surface area contributed by atoms with Gasteiger partial charge in [-0.1, -0.05) is 36.4 Å². The summed E-state index contributed by atoms with van der Waals surface area (Å²) >= 11 is 0. The second-order valence-corrected chi connectivity index (χ2v) is 10.6. The Morgan fingerprint density at radius 1 is 1.03 bits per heavy atom. The summed E-state index contributed by atoms with van der Waals surface area (Å²) in [5, 5.41) is 2.84. The van der Waals surface area contributed by atoms with E-state index in [1.54, 1.807) is 19.1 Å². The fourth-order valence-electron chi connectivity index (χ4n) is 3.93. The standard InChI is InChI=1S/C25H31N3O5S/c1-17(2)26-24(30)19(4)27(16-20-11-6-5-10-18(20)3)23(29)14-9-15-28-25(31)21-12-7-8-13-22(21)34(28,32)33/h5-8,10-13,17,19H,9,14-16H2,1-4H3,(H,26,30)/t19-/m0/s1. The Morgan fingerprint density at radius 3 is 2.32 bits per heavy atom. The molecule has 3 amide bonds. The zero-order valence-electron chi connectivity index (χ0n) is 19.9. The summed E-state index contributed by atoms with van der Waals surface area (Å²) < 4.78 is 26.3. The van der Waals surface area contributed by atoms with Gasteiger partial charge in [-0.25, -0.2) is 12.7 Å². The van der Waals surface area contributed by atoms with Gasteiger partial charge in [-0.05, 0) is 57.4 Å². The van der Waals surface area contributed by atoms with E-state index in [-0.39, 0.29) is 54.2 Å². The molecule has 3 rings (SSSR count). The molecule has 0 unspecified atom stereocenters. The quantitative estimate of drug-likeness (QED) is 0.588.